The van der Waals surface area contributed by atoms with Gasteiger partial charge in [-0.3, -0.25) is 0 Å². The summed E-state index contributed by atoms with van der Waals surface area (Å²) in [5.74, 6) is -0.318. The highest BCUT2D eigenvalue weighted by Crippen LogP contribution is 2.29. The van der Waals surface area contributed by atoms with Gasteiger partial charge in [0, 0.05) is 35.1 Å². The minimum atomic E-state index is -3.60. The molecule has 0 atom stereocenters. The van der Waals surface area contributed by atoms with Crippen LogP contribution in [0.1, 0.15) is 0 Å². The van der Waals surface area contributed by atoms with Crippen molar-refractivity contribution in [2.75, 3.05) is 18.7 Å². The van der Waals surface area contributed by atoms with Crippen molar-refractivity contribution in [2.24, 2.45) is 0 Å². The van der Waals surface area contributed by atoms with Gasteiger partial charge >= 0.3 is 0 Å². The van der Waals surface area contributed by atoms with Crippen molar-refractivity contribution >= 4 is 32.0 Å². The third-order valence-corrected chi connectivity index (χ3v) is 5.21. The first kappa shape index (κ1) is 17.3. The number of benzene rings is 1. The van der Waals surface area contributed by atoms with E-state index in [1.165, 1.54) is 30.6 Å². The predicted molar refractivity (Wildman–Crippen MR) is 94.7 cm³/mol. The Morgan fingerprint density at radius 1 is 1.24 bits per heavy atom. The van der Waals surface area contributed by atoms with Gasteiger partial charge in [0.15, 0.2) is 15.0 Å². The number of aromatic nitrogens is 2. The Hall–Kier alpha value is -2.52. The Labute approximate surface area is 148 Å². The summed E-state index contributed by atoms with van der Waals surface area (Å²) in [6.45, 7) is 0. The number of ether oxygens (including phenoxy) is 1. The van der Waals surface area contributed by atoms with Crippen LogP contribution in [0.3, 0.4) is 0 Å². The molecule has 3 aromatic rings. The normalized spacial score (nSPS) is 11.3. The van der Waals surface area contributed by atoms with Gasteiger partial charge in [-0.15, -0.1) is 11.3 Å². The summed E-state index contributed by atoms with van der Waals surface area (Å²) in [7, 11) is -2.06. The Kier molecular flexibility index (Phi) is 4.69. The molecule has 0 unspecified atom stereocenters. The number of pyridine rings is 1. The molecule has 0 saturated heterocycles. The van der Waals surface area contributed by atoms with E-state index in [2.05, 4.69) is 15.3 Å². The number of halogens is 1. The van der Waals surface area contributed by atoms with Crippen LogP contribution in [-0.4, -0.2) is 31.8 Å². The molecule has 0 fully saturated rings. The molecule has 25 heavy (non-hydrogen) atoms. The number of sulfone groups is 1. The van der Waals surface area contributed by atoms with Gasteiger partial charge < -0.3 is 10.1 Å². The maximum absolute atomic E-state index is 13.9. The average Bonchev–Trinajstić information content (AvgIpc) is 3.02. The fourth-order valence-corrected chi connectivity index (χ4v) is 3.62. The second-order valence-electron chi connectivity index (χ2n) is 5.17. The van der Waals surface area contributed by atoms with Gasteiger partial charge in [-0.2, -0.15) is 0 Å². The van der Waals surface area contributed by atoms with Crippen molar-refractivity contribution in [2.45, 2.75) is 4.90 Å². The second kappa shape index (κ2) is 6.77. The van der Waals surface area contributed by atoms with Crippen molar-refractivity contribution < 1.29 is 17.5 Å². The van der Waals surface area contributed by atoms with Crippen LogP contribution < -0.4 is 10.1 Å². The molecule has 1 aromatic carbocycles. The van der Waals surface area contributed by atoms with Crippen molar-refractivity contribution in [1.29, 1.82) is 0 Å². The number of hydrogen-bond acceptors (Lipinski definition) is 7. The lowest BCUT2D eigenvalue weighted by atomic mass is 10.2. The fourth-order valence-electron chi connectivity index (χ4n) is 2.15. The molecule has 3 rings (SSSR count). The molecule has 0 aliphatic heterocycles. The van der Waals surface area contributed by atoms with Gasteiger partial charge in [0.05, 0.1) is 12.8 Å². The SMILES string of the molecule is COc1cc(-c2csc(Nc3ccc(S(C)(=O)=O)c(F)c3)n2)ccn1. The molecular formula is C16H14FN3O3S2. The maximum Gasteiger partial charge on any atom is 0.213 e. The molecule has 0 saturated carbocycles. The smallest absolute Gasteiger partial charge is 0.213 e. The topological polar surface area (TPSA) is 81.2 Å². The van der Waals surface area contributed by atoms with Gasteiger partial charge in [0.2, 0.25) is 5.88 Å². The Morgan fingerprint density at radius 3 is 2.72 bits per heavy atom. The first-order valence-corrected chi connectivity index (χ1v) is 9.86. The quantitative estimate of drug-likeness (QED) is 0.731. The molecule has 0 aliphatic rings. The molecule has 0 bridgehead atoms. The van der Waals surface area contributed by atoms with E-state index in [9.17, 15) is 12.8 Å². The maximum atomic E-state index is 13.9. The molecule has 2 aromatic heterocycles. The van der Waals surface area contributed by atoms with Gasteiger partial charge in [0.25, 0.3) is 0 Å². The van der Waals surface area contributed by atoms with Gasteiger partial charge in [-0.05, 0) is 24.3 Å². The fraction of sp³-hybridized carbons (Fsp3) is 0.125. The summed E-state index contributed by atoms with van der Waals surface area (Å²) in [5.41, 5.74) is 1.98. The van der Waals surface area contributed by atoms with E-state index in [1.54, 1.807) is 12.3 Å². The van der Waals surface area contributed by atoms with Gasteiger partial charge in [-0.25, -0.2) is 22.8 Å². The van der Waals surface area contributed by atoms with E-state index in [1.807, 2.05) is 11.4 Å². The minimum Gasteiger partial charge on any atom is -0.481 e. The predicted octanol–water partition coefficient (Wildman–Crippen LogP) is 3.50. The van der Waals surface area contributed by atoms with E-state index in [-0.39, 0.29) is 4.90 Å². The molecule has 0 spiro atoms. The average molecular weight is 379 g/mol. The van der Waals surface area contributed by atoms with Crippen LogP contribution in [0, 0.1) is 5.82 Å². The van der Waals surface area contributed by atoms with Crippen LogP contribution in [0.5, 0.6) is 5.88 Å². The molecule has 1 N–H and O–H groups in total. The zero-order chi connectivity index (χ0) is 18.0. The Morgan fingerprint density at radius 2 is 2.04 bits per heavy atom. The number of hydrogen-bond donors (Lipinski definition) is 1. The molecule has 2 heterocycles. The van der Waals surface area contributed by atoms with Gasteiger partial charge in [-0.1, -0.05) is 0 Å². The highest BCUT2D eigenvalue weighted by Gasteiger charge is 2.14. The van der Waals surface area contributed by atoms with Crippen LogP contribution >= 0.6 is 11.3 Å². The number of thiazole rings is 1. The van der Waals surface area contributed by atoms with Crippen molar-refractivity contribution in [3.05, 3.63) is 47.7 Å². The third kappa shape index (κ3) is 3.94. The lowest BCUT2D eigenvalue weighted by Gasteiger charge is -2.05. The first-order chi connectivity index (χ1) is 11.9. The summed E-state index contributed by atoms with van der Waals surface area (Å²) in [6.07, 6.45) is 2.59. The van der Waals surface area contributed by atoms with Crippen molar-refractivity contribution in [1.82, 2.24) is 9.97 Å². The molecule has 130 valence electrons. The Bertz CT molecular complexity index is 1020. The van der Waals surface area contributed by atoms with E-state index >= 15 is 0 Å². The number of anilines is 2. The highest BCUT2D eigenvalue weighted by atomic mass is 32.2. The number of methoxy groups -OCH3 is 1. The third-order valence-electron chi connectivity index (χ3n) is 3.33. The second-order valence-corrected chi connectivity index (χ2v) is 8.01. The molecule has 0 radical (unpaired) electrons. The highest BCUT2D eigenvalue weighted by molar-refractivity contribution is 7.90. The molecule has 6 nitrogen and oxygen atoms in total. The van der Waals surface area contributed by atoms with Gasteiger partial charge in [0.1, 0.15) is 10.7 Å². The molecule has 9 heteroatoms. The lowest BCUT2D eigenvalue weighted by Crippen LogP contribution is -2.01. The van der Waals surface area contributed by atoms with Crippen LogP contribution in [0.25, 0.3) is 11.3 Å². The number of rotatable bonds is 5. The van der Waals surface area contributed by atoms with Crippen LogP contribution in [-0.2, 0) is 9.84 Å². The monoisotopic (exact) mass is 379 g/mol. The van der Waals surface area contributed by atoms with Crippen LogP contribution in [0.15, 0.2) is 46.8 Å². The number of nitrogens with one attached hydrogen (secondary N) is 1. The van der Waals surface area contributed by atoms with E-state index in [4.69, 9.17) is 4.74 Å². The molecule has 0 aliphatic carbocycles. The first-order valence-electron chi connectivity index (χ1n) is 7.09. The zero-order valence-electron chi connectivity index (χ0n) is 13.4. The largest absolute Gasteiger partial charge is 0.481 e. The molecular weight excluding hydrogens is 365 g/mol. The van der Waals surface area contributed by atoms with Crippen LogP contribution in [0.2, 0.25) is 0 Å². The lowest BCUT2D eigenvalue weighted by molar-refractivity contribution is 0.398. The summed E-state index contributed by atoms with van der Waals surface area (Å²) in [6, 6.07) is 7.43. The van der Waals surface area contributed by atoms with Crippen LogP contribution in [0.4, 0.5) is 15.2 Å². The summed E-state index contributed by atoms with van der Waals surface area (Å²) in [5, 5.41) is 5.37. The minimum absolute atomic E-state index is 0.332. The molecule has 0 amide bonds. The summed E-state index contributed by atoms with van der Waals surface area (Å²) >= 11 is 1.34. The number of nitrogens with zero attached hydrogens (tertiary/aromatic N) is 2. The standard InChI is InChI=1S/C16H14FN3O3S2/c1-23-15-7-10(5-6-18-15)13-9-24-16(20-13)19-11-3-4-14(12(17)8-11)25(2,21)22/h3-9H,1-2H3,(H,19,20). The Balaban J connectivity index is 1.83. The zero-order valence-corrected chi connectivity index (χ0v) is 15.0. The van der Waals surface area contributed by atoms with Crippen molar-refractivity contribution in [3.8, 4) is 17.1 Å². The summed E-state index contributed by atoms with van der Waals surface area (Å²) in [4.78, 5) is 8.15. The van der Waals surface area contributed by atoms with E-state index in [0.717, 1.165) is 23.6 Å². The van der Waals surface area contributed by atoms with E-state index in [0.29, 0.717) is 16.7 Å². The summed E-state index contributed by atoms with van der Waals surface area (Å²) < 4.78 is 41.9. The van der Waals surface area contributed by atoms with E-state index < -0.39 is 15.7 Å². The van der Waals surface area contributed by atoms with Crippen molar-refractivity contribution in [3.63, 3.8) is 0 Å².